The molecule has 0 bridgehead atoms. The van der Waals surface area contributed by atoms with E-state index >= 15 is 0 Å². The third-order valence-corrected chi connectivity index (χ3v) is 9.10. The number of carbonyl (C=O) groups is 2. The molecule has 0 radical (unpaired) electrons. The summed E-state index contributed by atoms with van der Waals surface area (Å²) in [6.45, 7) is 0.802. The Bertz CT molecular complexity index is 1450. The van der Waals surface area contributed by atoms with Crippen molar-refractivity contribution in [1.29, 1.82) is 0 Å². The van der Waals surface area contributed by atoms with E-state index in [4.69, 9.17) is 0 Å². The topological polar surface area (TPSA) is 350 Å². The lowest BCUT2D eigenvalue weighted by molar-refractivity contribution is -0.128. The van der Waals surface area contributed by atoms with E-state index < -0.39 is 101 Å². The predicted octanol–water partition coefficient (Wildman–Crippen LogP) is -2.51. The first-order valence-corrected chi connectivity index (χ1v) is 21.9. The largest absolute Gasteiger partial charge is 0.339 e. The van der Waals surface area contributed by atoms with Crippen LogP contribution in [0.1, 0.15) is 0 Å². The first-order chi connectivity index (χ1) is 21.6. The Labute approximate surface area is 274 Å². The fourth-order valence-corrected chi connectivity index (χ4v) is 7.72. The average molecular weight is 790 g/mol. The fraction of sp³-hybridized carbons (Fsp3) is 0.600. The maximum Gasteiger partial charge on any atom is 0.339 e. The molecule has 0 aromatic carbocycles. The van der Waals surface area contributed by atoms with Crippen LogP contribution in [0.3, 0.4) is 0 Å². The molecule has 23 nitrogen and oxygen atoms in total. The molecule has 0 atom stereocenters. The van der Waals surface area contributed by atoms with Gasteiger partial charge in [0.1, 0.15) is 38.1 Å². The van der Waals surface area contributed by atoms with Crippen molar-refractivity contribution in [2.24, 2.45) is 4.99 Å². The molecule has 0 aromatic rings. The van der Waals surface area contributed by atoms with Crippen LogP contribution in [0.4, 0.5) is 0 Å². The lowest BCUT2D eigenvalue weighted by Gasteiger charge is -2.30. The molecule has 0 aliphatic rings. The van der Waals surface area contributed by atoms with E-state index in [9.17, 15) is 81.3 Å². The van der Waals surface area contributed by atoms with E-state index in [0.717, 1.165) is 31.8 Å². The van der Waals surface area contributed by atoms with E-state index in [1.165, 1.54) is 7.05 Å². The molecule has 0 saturated carbocycles. The highest BCUT2D eigenvalue weighted by molar-refractivity contribution is 7.53. The van der Waals surface area contributed by atoms with Gasteiger partial charge in [0.05, 0.1) is 18.8 Å². The monoisotopic (exact) mass is 790 g/mol. The van der Waals surface area contributed by atoms with Crippen molar-refractivity contribution in [2.75, 3.05) is 78.0 Å². The van der Waals surface area contributed by atoms with E-state index in [-0.39, 0.29) is 19.8 Å². The van der Waals surface area contributed by atoms with Crippen molar-refractivity contribution in [3.63, 3.8) is 0 Å². The van der Waals surface area contributed by atoms with Crippen molar-refractivity contribution >= 4 is 56.5 Å². The summed E-state index contributed by atoms with van der Waals surface area (Å²) in [4.78, 5) is 125. The Morgan fingerprint density at radius 1 is 0.604 bits per heavy atom. The summed E-state index contributed by atoms with van der Waals surface area (Å²) in [6, 6.07) is 0. The van der Waals surface area contributed by atoms with Gasteiger partial charge in [0, 0.05) is 26.2 Å². The Morgan fingerprint density at radius 3 is 1.27 bits per heavy atom. The van der Waals surface area contributed by atoms with E-state index in [1.807, 2.05) is 0 Å². The normalized spacial score (nSPS) is 12.7. The quantitative estimate of drug-likeness (QED) is 0.0178. The van der Waals surface area contributed by atoms with Gasteiger partial charge in [-0.05, 0) is 19.5 Å². The second-order valence-corrected chi connectivity index (χ2v) is 18.1. The molecule has 0 aromatic heterocycles. The van der Waals surface area contributed by atoms with Crippen molar-refractivity contribution in [2.45, 2.75) is 0 Å². The van der Waals surface area contributed by atoms with Crippen LogP contribution < -0.4 is 0 Å². The molecule has 0 aliphatic carbocycles. The number of hydrogen-bond donors (Lipinski definition) is 10. The Morgan fingerprint density at radius 2 is 0.938 bits per heavy atom. The Hall–Kier alpha value is -1.68. The van der Waals surface area contributed by atoms with Crippen LogP contribution in [-0.2, 0) is 32.4 Å². The van der Waals surface area contributed by atoms with E-state index in [0.29, 0.717) is 4.90 Å². The predicted molar refractivity (Wildman–Crippen MR) is 168 cm³/mol. The van der Waals surface area contributed by atoms with Gasteiger partial charge < -0.3 is 58.7 Å². The molecule has 0 fully saturated rings. The van der Waals surface area contributed by atoms with Gasteiger partial charge in [-0.1, -0.05) is 11.5 Å². The highest BCUT2D eigenvalue weighted by atomic mass is 31.2. The minimum absolute atomic E-state index is 0.313. The minimum Gasteiger partial charge on any atom is -0.324 e. The molecule has 10 N–H and O–H groups in total. The molecule has 0 heterocycles. The van der Waals surface area contributed by atoms with E-state index in [2.05, 4.69) is 28.9 Å². The summed E-state index contributed by atoms with van der Waals surface area (Å²) in [5.74, 6) is -1.72. The van der Waals surface area contributed by atoms with Crippen molar-refractivity contribution in [3.05, 3.63) is 29.3 Å². The number of hydrogen-bond acceptors (Lipinski definition) is 11. The Kier molecular flexibility index (Phi) is 19.5. The van der Waals surface area contributed by atoms with Gasteiger partial charge in [0.15, 0.2) is 0 Å². The van der Waals surface area contributed by atoms with Crippen LogP contribution in [0.15, 0.2) is 34.3 Å². The second kappa shape index (κ2) is 20.2. The van der Waals surface area contributed by atoms with Gasteiger partial charge in [-0.15, -0.1) is 0 Å². The zero-order chi connectivity index (χ0) is 37.6. The highest BCUT2D eigenvalue weighted by Gasteiger charge is 2.28. The van der Waals surface area contributed by atoms with Gasteiger partial charge in [-0.3, -0.25) is 52.1 Å². The van der Waals surface area contributed by atoms with Crippen LogP contribution in [0, 0.1) is 0 Å². The number of carbonyl (C=O) groups excluding carboxylic acids is 2. The molecule has 28 heteroatoms. The van der Waals surface area contributed by atoms with Crippen molar-refractivity contribution in [3.8, 4) is 0 Å². The standard InChI is InChI=1S/C20H39N6O17P5/c1-21-12-25(10-8-23(15-45(32,33)34)16-46(35,36)37)19(27)6-4-3-5-7-20(28)26(13-22(2)14-44(29,30)31)11-9-24(17-47(38,39)40)18-48(41,42)43/h6-7H,1,8-18H2,2H3,(H2,29,30,31)(H2,32,33,34)(H2,35,36,37)(H2,38,39,40)(H2,41,42,43). The number of rotatable bonds is 22. The third-order valence-electron chi connectivity index (χ3n) is 5.18. The van der Waals surface area contributed by atoms with E-state index in [1.54, 1.807) is 0 Å². The molecule has 48 heavy (non-hydrogen) atoms. The molecule has 0 rings (SSSR count). The van der Waals surface area contributed by atoms with Gasteiger partial charge >= 0.3 is 38.0 Å². The molecule has 0 spiro atoms. The molecule has 276 valence electrons. The van der Waals surface area contributed by atoms with Gasteiger partial charge in [-0.25, -0.2) is 0 Å². The summed E-state index contributed by atoms with van der Waals surface area (Å²) in [5, 5.41) is 0. The van der Waals surface area contributed by atoms with Crippen LogP contribution in [0.25, 0.3) is 0 Å². The number of amides is 2. The minimum atomic E-state index is -4.80. The van der Waals surface area contributed by atoms with Gasteiger partial charge in [0.25, 0.3) is 11.8 Å². The molecule has 0 unspecified atom stereocenters. The third kappa shape index (κ3) is 26.2. The summed E-state index contributed by atoms with van der Waals surface area (Å²) in [6.07, 6.45) is -3.41. The molecular weight excluding hydrogens is 751 g/mol. The van der Waals surface area contributed by atoms with Crippen LogP contribution in [0.5, 0.6) is 0 Å². The zero-order valence-electron chi connectivity index (χ0n) is 25.4. The highest BCUT2D eigenvalue weighted by Crippen LogP contribution is 2.41. The van der Waals surface area contributed by atoms with Crippen LogP contribution in [-0.4, -0.2) is 170 Å². The van der Waals surface area contributed by atoms with Gasteiger partial charge in [-0.2, -0.15) is 0 Å². The van der Waals surface area contributed by atoms with Crippen LogP contribution >= 0.6 is 38.0 Å². The maximum atomic E-state index is 12.8. The zero-order valence-corrected chi connectivity index (χ0v) is 29.9. The Balaban J connectivity index is 6.02. The summed E-state index contributed by atoms with van der Waals surface area (Å²) in [5.41, 5.74) is 6.73. The first-order valence-electron chi connectivity index (χ1n) is 12.9. The van der Waals surface area contributed by atoms with Crippen molar-refractivity contribution < 1.29 is 81.3 Å². The first kappa shape index (κ1) is 46.3. The van der Waals surface area contributed by atoms with Crippen molar-refractivity contribution in [1.82, 2.24) is 24.5 Å². The molecule has 0 aliphatic heterocycles. The smallest absolute Gasteiger partial charge is 0.324 e. The second-order valence-electron chi connectivity index (χ2n) is 10.1. The lowest BCUT2D eigenvalue weighted by Crippen LogP contribution is -2.44. The summed E-state index contributed by atoms with van der Waals surface area (Å²) >= 11 is 0. The SMILES string of the molecule is C=NCN(CCN(CP(=O)(O)O)CP(=O)(O)O)C(=O)C=C=C=C=CC(=O)N(CCN(CP(=O)(O)O)CP(=O)(O)O)CN(C)CP(=O)(O)O. The van der Waals surface area contributed by atoms with Crippen LogP contribution in [0.2, 0.25) is 0 Å². The molecule has 0 saturated heterocycles. The fourth-order valence-electron chi connectivity index (χ4n) is 3.63. The lowest BCUT2D eigenvalue weighted by atomic mass is 10.4. The summed E-state index contributed by atoms with van der Waals surface area (Å²) in [7, 11) is -22.4. The number of aliphatic imine (C=N–C) groups is 1. The number of nitrogens with zero attached hydrogens (tertiary/aromatic N) is 6. The van der Waals surface area contributed by atoms with Gasteiger partial charge in [0.2, 0.25) is 0 Å². The maximum absolute atomic E-state index is 12.8. The summed E-state index contributed by atoms with van der Waals surface area (Å²) < 4.78 is 56.9. The average Bonchev–Trinajstić information content (AvgIpc) is 2.83. The molecular formula is C20H39N6O17P5. The molecule has 2 amide bonds.